The van der Waals surface area contributed by atoms with Gasteiger partial charge < -0.3 is 59.1 Å². The van der Waals surface area contributed by atoms with Crippen molar-refractivity contribution in [2.75, 3.05) is 30.7 Å². The molecule has 0 spiro atoms. The van der Waals surface area contributed by atoms with E-state index in [1.807, 2.05) is 0 Å². The smallest absolute Gasteiger partial charge is 0.475 e. The Labute approximate surface area is 391 Å². The number of carbonyl (C=O) groups is 9. The van der Waals surface area contributed by atoms with Crippen LogP contribution < -0.4 is 54.0 Å². The molecule has 29 heteroatoms. The third kappa shape index (κ3) is 20.5. The van der Waals surface area contributed by atoms with Gasteiger partial charge in [0.1, 0.15) is 35.9 Å². The molecule has 13 N–H and O–H groups in total. The van der Waals surface area contributed by atoms with Crippen molar-refractivity contribution in [3.8, 4) is 0 Å². The van der Waals surface area contributed by atoms with Crippen molar-refractivity contribution in [1.29, 1.82) is 0 Å². The second-order valence-corrected chi connectivity index (χ2v) is 15.6. The van der Waals surface area contributed by atoms with Gasteiger partial charge in [-0.3, -0.25) is 58.6 Å². The van der Waals surface area contributed by atoms with Gasteiger partial charge in [-0.25, -0.2) is 4.79 Å². The molecule has 2 aromatic carbocycles. The summed E-state index contributed by atoms with van der Waals surface area (Å²) >= 11 is 0. The number of nitrogens with zero attached hydrogens (tertiary/aromatic N) is 2. The molecular formula is C40H55F3N12O14. The Morgan fingerprint density at radius 1 is 0.696 bits per heavy atom. The lowest BCUT2D eigenvalue weighted by Gasteiger charge is -2.29. The third-order valence-electron chi connectivity index (χ3n) is 9.32. The zero-order chi connectivity index (χ0) is 52.9. The topological polar surface area (TPSA) is 408 Å². The number of amides is 8. The first kappa shape index (κ1) is 58.9. The van der Waals surface area contributed by atoms with Gasteiger partial charge in [0, 0.05) is 31.3 Å². The Morgan fingerprint density at radius 3 is 1.72 bits per heavy atom. The highest BCUT2D eigenvalue weighted by Gasteiger charge is 2.38. The minimum absolute atomic E-state index is 0.00590. The van der Waals surface area contributed by atoms with Crippen molar-refractivity contribution in [2.24, 2.45) is 17.6 Å². The number of nitro benzene ring substituents is 2. The van der Waals surface area contributed by atoms with Crippen LogP contribution in [-0.4, -0.2) is 124 Å². The molecule has 380 valence electrons. The number of hydrogen-bond acceptors (Lipinski definition) is 15. The first-order chi connectivity index (χ1) is 32.0. The number of non-ortho nitro benzene ring substituents is 1. The number of primary amides is 1. The second kappa shape index (κ2) is 27.5. The number of halogens is 3. The van der Waals surface area contributed by atoms with Crippen molar-refractivity contribution in [3.05, 3.63) is 68.3 Å². The number of rotatable bonds is 24. The van der Waals surface area contributed by atoms with Crippen LogP contribution in [0.1, 0.15) is 64.7 Å². The van der Waals surface area contributed by atoms with Gasteiger partial charge >= 0.3 is 12.1 Å². The van der Waals surface area contributed by atoms with Gasteiger partial charge in [0.25, 0.3) is 17.3 Å². The first-order valence-corrected chi connectivity index (χ1v) is 20.6. The summed E-state index contributed by atoms with van der Waals surface area (Å²) in [6.07, 6.45) is -5.54. The number of nitro groups is 2. The van der Waals surface area contributed by atoms with E-state index < -0.39 is 129 Å². The molecule has 0 aliphatic heterocycles. The van der Waals surface area contributed by atoms with E-state index >= 15 is 0 Å². The Morgan fingerprint density at radius 2 is 1.22 bits per heavy atom. The minimum Gasteiger partial charge on any atom is -0.475 e. The van der Waals surface area contributed by atoms with Crippen LogP contribution in [0, 0.1) is 32.1 Å². The van der Waals surface area contributed by atoms with Crippen LogP contribution in [0.15, 0.2) is 42.5 Å². The van der Waals surface area contributed by atoms with Crippen molar-refractivity contribution >= 4 is 76.0 Å². The summed E-state index contributed by atoms with van der Waals surface area (Å²) in [6.45, 7) is 8.59. The number of benzene rings is 2. The molecule has 26 nitrogen and oxygen atoms in total. The SMILES string of the molecule is CC(C)[C@H](NC(=O)[C@H](CCC(N)=O)NC(=O)c1ccccc1N)C(=O)N[C@H](C(=O)N[C@@H](C)C(=O)NCC(=O)N[C@@H](C)C(=O)NCCNc1ccc([N+](=O)[O-])cc1[N+](=O)[O-])C(C)C.O=C(O)C(F)(F)F. The van der Waals surface area contributed by atoms with E-state index in [1.165, 1.54) is 32.0 Å². The molecule has 0 radical (unpaired) electrons. The highest BCUT2D eigenvalue weighted by atomic mass is 19.4. The minimum atomic E-state index is -5.08. The number of nitrogen functional groups attached to an aromatic ring is 1. The molecule has 2 rings (SSSR count). The molecule has 0 heterocycles. The Bertz CT molecular complexity index is 2230. The number of anilines is 2. The molecule has 69 heavy (non-hydrogen) atoms. The summed E-state index contributed by atoms with van der Waals surface area (Å²) in [7, 11) is 0. The van der Waals surface area contributed by atoms with Crippen LogP contribution in [0.5, 0.6) is 0 Å². The maximum Gasteiger partial charge on any atom is 0.490 e. The van der Waals surface area contributed by atoms with Gasteiger partial charge in [-0.15, -0.1) is 0 Å². The molecule has 0 aromatic heterocycles. The average molecular weight is 985 g/mol. The number of aliphatic carboxylic acids is 1. The second-order valence-electron chi connectivity index (χ2n) is 15.6. The number of para-hydroxylation sites is 1. The lowest BCUT2D eigenvalue weighted by atomic mass is 9.98. The van der Waals surface area contributed by atoms with E-state index in [0.29, 0.717) is 0 Å². The van der Waals surface area contributed by atoms with Gasteiger partial charge in [0.05, 0.1) is 28.0 Å². The van der Waals surface area contributed by atoms with Crippen molar-refractivity contribution in [2.45, 2.75) is 90.8 Å². The summed E-state index contributed by atoms with van der Waals surface area (Å²) in [4.78, 5) is 132. The number of nitrogens with one attached hydrogen (secondary N) is 8. The lowest BCUT2D eigenvalue weighted by Crippen LogP contribution is -2.60. The summed E-state index contributed by atoms with van der Waals surface area (Å²) in [6, 6.07) is 3.17. The maximum absolute atomic E-state index is 13.6. The molecule has 2 aromatic rings. The maximum atomic E-state index is 13.6. The molecule has 0 aliphatic carbocycles. The number of hydrogen-bond donors (Lipinski definition) is 11. The summed E-state index contributed by atoms with van der Waals surface area (Å²) in [5, 5.41) is 49.5. The fourth-order valence-electron chi connectivity index (χ4n) is 5.58. The lowest BCUT2D eigenvalue weighted by molar-refractivity contribution is -0.393. The number of carboxylic acid groups (broad SMARTS) is 1. The van der Waals surface area contributed by atoms with Crippen molar-refractivity contribution in [1.82, 2.24) is 37.2 Å². The first-order valence-electron chi connectivity index (χ1n) is 20.6. The molecule has 0 saturated heterocycles. The zero-order valence-corrected chi connectivity index (χ0v) is 38.1. The summed E-state index contributed by atoms with van der Waals surface area (Å²) in [5.41, 5.74) is 10.4. The van der Waals surface area contributed by atoms with Gasteiger partial charge in [0.15, 0.2) is 0 Å². The highest BCUT2D eigenvalue weighted by molar-refractivity contribution is 6.02. The van der Waals surface area contributed by atoms with Gasteiger partial charge in [0.2, 0.25) is 41.4 Å². The third-order valence-corrected chi connectivity index (χ3v) is 9.32. The summed E-state index contributed by atoms with van der Waals surface area (Å²) in [5.74, 6) is -9.73. The van der Waals surface area contributed by atoms with Crippen LogP contribution in [0.4, 0.5) is 35.9 Å². The molecule has 0 unspecified atom stereocenters. The molecular weight excluding hydrogens is 930 g/mol. The molecule has 0 bridgehead atoms. The van der Waals surface area contributed by atoms with E-state index in [0.717, 1.165) is 12.1 Å². The van der Waals surface area contributed by atoms with Crippen molar-refractivity contribution in [3.63, 3.8) is 0 Å². The van der Waals surface area contributed by atoms with E-state index in [9.17, 15) is 71.8 Å². The Hall–Kier alpha value is -8.14. The summed E-state index contributed by atoms with van der Waals surface area (Å²) < 4.78 is 31.7. The predicted octanol–water partition coefficient (Wildman–Crippen LogP) is -0.282. The van der Waals surface area contributed by atoms with Gasteiger partial charge in [-0.05, 0) is 50.3 Å². The van der Waals surface area contributed by atoms with Crippen LogP contribution in [0.25, 0.3) is 0 Å². The van der Waals surface area contributed by atoms with E-state index in [-0.39, 0.29) is 42.9 Å². The monoisotopic (exact) mass is 984 g/mol. The van der Waals surface area contributed by atoms with Gasteiger partial charge in [-0.1, -0.05) is 39.8 Å². The van der Waals surface area contributed by atoms with Crippen LogP contribution in [-0.2, 0) is 38.4 Å². The van der Waals surface area contributed by atoms with Crippen molar-refractivity contribution < 1.29 is 71.3 Å². The largest absolute Gasteiger partial charge is 0.490 e. The number of nitrogens with two attached hydrogens (primary N) is 2. The molecule has 0 saturated carbocycles. The van der Waals surface area contributed by atoms with E-state index in [4.69, 9.17) is 21.4 Å². The molecule has 0 aliphatic rings. The standard InChI is InChI=1S/C38H54N12O12.C2HF3O2/c1-19(2)31(48-38(58)32(20(3)4)47-36(56)27(13-14-29(40)51)46-35(55)24-9-7-8-10-25(24)39)37(57)45-22(6)34(54)43-18-30(52)44-21(5)33(53)42-16-15-41-26-12-11-23(49(59)60)17-28(26)50(61)62;3-2(4,5)1(6)7/h7-12,17,19-22,27,31-32,41H,13-16,18,39H2,1-6H3,(H2,40,51)(H,42,53)(H,43,54)(H,44,52)(H,45,57)(H,46,55)(H,47,56)(H,48,58);(H,6,7)/t21-,22-,27-,31-,32-;/m0./s1. The van der Waals surface area contributed by atoms with Crippen LogP contribution in [0.3, 0.4) is 0 Å². The fraction of sp³-hybridized carbons (Fsp3) is 0.475. The molecule has 0 fully saturated rings. The van der Waals surface area contributed by atoms with Crippen LogP contribution in [0.2, 0.25) is 0 Å². The number of alkyl halides is 3. The Balaban J connectivity index is 0.00000314. The normalized spacial score (nSPS) is 13.0. The number of carbonyl (C=O) groups excluding carboxylic acids is 8. The van der Waals surface area contributed by atoms with Crippen LogP contribution >= 0.6 is 0 Å². The molecule has 5 atom stereocenters. The van der Waals surface area contributed by atoms with E-state index in [2.05, 4.69) is 42.5 Å². The number of carboxylic acids is 1. The van der Waals surface area contributed by atoms with Gasteiger partial charge in [-0.2, -0.15) is 13.2 Å². The quantitative estimate of drug-likeness (QED) is 0.0279. The highest BCUT2D eigenvalue weighted by Crippen LogP contribution is 2.28. The zero-order valence-electron chi connectivity index (χ0n) is 38.1. The molecule has 8 amide bonds. The van der Waals surface area contributed by atoms with E-state index in [1.54, 1.807) is 39.8 Å². The Kier molecular flexibility index (Phi) is 23.5. The fourth-order valence-corrected chi connectivity index (χ4v) is 5.58. The average Bonchev–Trinajstić information content (AvgIpc) is 3.25. The predicted molar refractivity (Wildman–Crippen MR) is 237 cm³/mol.